The molecule has 0 aliphatic carbocycles. The van der Waals surface area contributed by atoms with E-state index in [2.05, 4.69) is 30.8 Å². The SMILES string of the molecule is Cc1sc(Br)nc1S(=O)(=O)NCc1noc(-c2ccccc2)c1C. The van der Waals surface area contributed by atoms with Crippen LogP contribution in [0.1, 0.15) is 16.1 Å². The number of thiazole rings is 1. The smallest absolute Gasteiger partial charge is 0.259 e. The van der Waals surface area contributed by atoms with Crippen molar-refractivity contribution in [3.8, 4) is 11.3 Å². The molecule has 0 amide bonds. The van der Waals surface area contributed by atoms with Crippen LogP contribution in [0.15, 0.2) is 43.8 Å². The minimum absolute atomic E-state index is 0.0313. The van der Waals surface area contributed by atoms with Crippen LogP contribution in [0.25, 0.3) is 11.3 Å². The molecule has 0 radical (unpaired) electrons. The molecule has 2 aromatic heterocycles. The van der Waals surface area contributed by atoms with Gasteiger partial charge >= 0.3 is 0 Å². The van der Waals surface area contributed by atoms with E-state index in [9.17, 15) is 8.42 Å². The van der Waals surface area contributed by atoms with Gasteiger partial charge in [-0.25, -0.2) is 18.1 Å². The Labute approximate surface area is 152 Å². The molecular formula is C15H14BrN3O3S2. The van der Waals surface area contributed by atoms with Crippen LogP contribution in [0.4, 0.5) is 0 Å². The Hall–Kier alpha value is -1.55. The minimum atomic E-state index is -3.70. The first kappa shape index (κ1) is 17.3. The van der Waals surface area contributed by atoms with Gasteiger partial charge in [-0.3, -0.25) is 0 Å². The molecule has 2 heterocycles. The molecule has 0 bridgehead atoms. The van der Waals surface area contributed by atoms with E-state index in [-0.39, 0.29) is 11.6 Å². The van der Waals surface area contributed by atoms with E-state index in [1.807, 2.05) is 37.3 Å². The normalized spacial score (nSPS) is 11.8. The molecule has 0 saturated carbocycles. The second-order valence-electron chi connectivity index (χ2n) is 5.10. The lowest BCUT2D eigenvalue weighted by atomic mass is 10.1. The molecule has 126 valence electrons. The Balaban J connectivity index is 1.81. The number of aryl methyl sites for hydroxylation is 1. The van der Waals surface area contributed by atoms with Crippen LogP contribution in [-0.2, 0) is 16.6 Å². The van der Waals surface area contributed by atoms with Crippen LogP contribution in [0.3, 0.4) is 0 Å². The number of sulfonamides is 1. The average molecular weight is 428 g/mol. The van der Waals surface area contributed by atoms with Gasteiger partial charge in [-0.1, -0.05) is 35.5 Å². The highest BCUT2D eigenvalue weighted by atomic mass is 79.9. The summed E-state index contributed by atoms with van der Waals surface area (Å²) in [6.45, 7) is 3.61. The van der Waals surface area contributed by atoms with Crippen LogP contribution in [0, 0.1) is 13.8 Å². The number of hydrogen-bond donors (Lipinski definition) is 1. The highest BCUT2D eigenvalue weighted by molar-refractivity contribution is 9.11. The zero-order valence-corrected chi connectivity index (χ0v) is 16.1. The molecule has 0 saturated heterocycles. The largest absolute Gasteiger partial charge is 0.356 e. The second-order valence-corrected chi connectivity index (χ2v) is 9.26. The van der Waals surface area contributed by atoms with Crippen molar-refractivity contribution in [1.29, 1.82) is 0 Å². The summed E-state index contributed by atoms with van der Waals surface area (Å²) in [6, 6.07) is 9.55. The second kappa shape index (κ2) is 6.75. The Bertz CT molecular complexity index is 965. The van der Waals surface area contributed by atoms with Gasteiger partial charge in [0.15, 0.2) is 14.7 Å². The van der Waals surface area contributed by atoms with E-state index < -0.39 is 10.0 Å². The van der Waals surface area contributed by atoms with Crippen molar-refractivity contribution < 1.29 is 12.9 Å². The summed E-state index contributed by atoms with van der Waals surface area (Å²) in [5, 5.41) is 4.02. The summed E-state index contributed by atoms with van der Waals surface area (Å²) in [5.41, 5.74) is 2.25. The maximum absolute atomic E-state index is 12.4. The van der Waals surface area contributed by atoms with Crippen molar-refractivity contribution >= 4 is 37.3 Å². The number of nitrogens with zero attached hydrogens (tertiary/aromatic N) is 2. The molecule has 0 atom stereocenters. The number of rotatable bonds is 5. The van der Waals surface area contributed by atoms with E-state index in [1.54, 1.807) is 6.92 Å². The van der Waals surface area contributed by atoms with Gasteiger partial charge in [0.1, 0.15) is 5.69 Å². The summed E-state index contributed by atoms with van der Waals surface area (Å²) >= 11 is 4.47. The quantitative estimate of drug-likeness (QED) is 0.671. The predicted molar refractivity (Wildman–Crippen MR) is 95.3 cm³/mol. The fourth-order valence-electron chi connectivity index (χ4n) is 2.22. The summed E-state index contributed by atoms with van der Waals surface area (Å²) < 4.78 is 33.2. The lowest BCUT2D eigenvalue weighted by Crippen LogP contribution is -2.24. The zero-order valence-electron chi connectivity index (χ0n) is 12.9. The first-order valence-corrected chi connectivity index (χ1v) is 10.1. The standard InChI is InChI=1S/C15H14BrN3O3S2/c1-9-12(19-22-13(9)11-6-4-3-5-7-11)8-17-24(20,21)14-10(2)23-15(16)18-14/h3-7,17H,8H2,1-2H3. The summed E-state index contributed by atoms with van der Waals surface area (Å²) in [7, 11) is -3.70. The third-order valence-corrected chi connectivity index (χ3v) is 6.45. The number of aromatic nitrogens is 2. The first-order chi connectivity index (χ1) is 11.4. The number of hydrogen-bond acceptors (Lipinski definition) is 6. The predicted octanol–water partition coefficient (Wildman–Crippen LogP) is 3.66. The van der Waals surface area contributed by atoms with Gasteiger partial charge in [0.05, 0.1) is 6.54 Å². The van der Waals surface area contributed by atoms with E-state index in [0.29, 0.717) is 20.2 Å². The molecule has 0 aliphatic rings. The lowest BCUT2D eigenvalue weighted by Gasteiger charge is -2.04. The minimum Gasteiger partial charge on any atom is -0.356 e. The molecule has 24 heavy (non-hydrogen) atoms. The van der Waals surface area contributed by atoms with Crippen LogP contribution >= 0.6 is 27.3 Å². The Morgan fingerprint density at radius 3 is 2.58 bits per heavy atom. The Morgan fingerprint density at radius 2 is 1.96 bits per heavy atom. The molecule has 3 rings (SSSR count). The first-order valence-electron chi connectivity index (χ1n) is 7.01. The lowest BCUT2D eigenvalue weighted by molar-refractivity contribution is 0.422. The molecule has 0 unspecified atom stereocenters. The maximum atomic E-state index is 12.4. The zero-order chi connectivity index (χ0) is 17.3. The fraction of sp³-hybridized carbons (Fsp3) is 0.200. The van der Waals surface area contributed by atoms with Crippen molar-refractivity contribution in [1.82, 2.24) is 14.9 Å². The molecule has 0 aliphatic heterocycles. The van der Waals surface area contributed by atoms with E-state index in [1.165, 1.54) is 11.3 Å². The van der Waals surface area contributed by atoms with E-state index in [4.69, 9.17) is 4.52 Å². The average Bonchev–Trinajstić information content (AvgIpc) is 3.09. The van der Waals surface area contributed by atoms with Gasteiger partial charge < -0.3 is 4.52 Å². The number of nitrogens with one attached hydrogen (secondary N) is 1. The molecule has 1 aromatic carbocycles. The topological polar surface area (TPSA) is 85.1 Å². The monoisotopic (exact) mass is 427 g/mol. The molecule has 9 heteroatoms. The van der Waals surface area contributed by atoms with Crippen molar-refractivity contribution in [2.75, 3.05) is 0 Å². The van der Waals surface area contributed by atoms with Crippen molar-refractivity contribution in [2.24, 2.45) is 0 Å². The fourth-order valence-corrected chi connectivity index (χ4v) is 5.34. The van der Waals surface area contributed by atoms with Crippen molar-refractivity contribution in [2.45, 2.75) is 25.4 Å². The van der Waals surface area contributed by atoms with E-state index in [0.717, 1.165) is 11.1 Å². The van der Waals surface area contributed by atoms with Gasteiger partial charge in [-0.15, -0.1) is 11.3 Å². The van der Waals surface area contributed by atoms with Gasteiger partial charge in [0.25, 0.3) is 10.0 Å². The molecular weight excluding hydrogens is 414 g/mol. The van der Waals surface area contributed by atoms with Crippen molar-refractivity contribution in [3.05, 3.63) is 50.4 Å². The Kier molecular flexibility index (Phi) is 4.86. The number of halogens is 1. The van der Waals surface area contributed by atoms with Gasteiger partial charge in [-0.2, -0.15) is 0 Å². The van der Waals surface area contributed by atoms with Crippen LogP contribution in [-0.4, -0.2) is 18.6 Å². The van der Waals surface area contributed by atoms with Gasteiger partial charge in [0, 0.05) is 16.0 Å². The summed E-state index contributed by atoms with van der Waals surface area (Å²) in [4.78, 5) is 4.63. The Morgan fingerprint density at radius 1 is 1.25 bits per heavy atom. The van der Waals surface area contributed by atoms with Crippen molar-refractivity contribution in [3.63, 3.8) is 0 Å². The van der Waals surface area contributed by atoms with Crippen LogP contribution in [0.2, 0.25) is 0 Å². The van der Waals surface area contributed by atoms with E-state index >= 15 is 0 Å². The molecule has 1 N–H and O–H groups in total. The highest BCUT2D eigenvalue weighted by Crippen LogP contribution is 2.27. The van der Waals surface area contributed by atoms with Gasteiger partial charge in [0.2, 0.25) is 0 Å². The molecule has 0 fully saturated rings. The van der Waals surface area contributed by atoms with Crippen LogP contribution < -0.4 is 4.72 Å². The molecule has 6 nitrogen and oxygen atoms in total. The number of benzene rings is 1. The van der Waals surface area contributed by atoms with Gasteiger partial charge in [-0.05, 0) is 29.8 Å². The third-order valence-electron chi connectivity index (χ3n) is 3.47. The summed E-state index contributed by atoms with van der Waals surface area (Å²) in [5.74, 6) is 0.636. The summed E-state index contributed by atoms with van der Waals surface area (Å²) in [6.07, 6.45) is 0. The highest BCUT2D eigenvalue weighted by Gasteiger charge is 2.23. The molecule has 0 spiro atoms. The third kappa shape index (κ3) is 3.44. The van der Waals surface area contributed by atoms with Crippen LogP contribution in [0.5, 0.6) is 0 Å². The molecule has 3 aromatic rings. The maximum Gasteiger partial charge on any atom is 0.259 e.